The van der Waals surface area contributed by atoms with Crippen LogP contribution in [0.15, 0.2) is 24.3 Å². The molecule has 7 heteroatoms. The zero-order valence-electron chi connectivity index (χ0n) is 15.4. The summed E-state index contributed by atoms with van der Waals surface area (Å²) in [5.41, 5.74) is 1.57. The second-order valence-electron chi connectivity index (χ2n) is 7.61. The van der Waals surface area contributed by atoms with Gasteiger partial charge in [0, 0.05) is 25.7 Å². The summed E-state index contributed by atoms with van der Waals surface area (Å²) in [4.78, 5) is 50.5. The number of benzene rings is 1. The molecular weight excluding hydrogens is 350 g/mol. The molecule has 7 nitrogen and oxygen atoms in total. The molecule has 1 heterocycles. The topological polar surface area (TPSA) is 90.0 Å². The van der Waals surface area contributed by atoms with Crippen LogP contribution in [0, 0.1) is 30.6 Å². The largest absolute Gasteiger partial charge is 0.458 e. The standard InChI is InChI=1S/C20H21NO6/c1-9-4-6-12(7-5-9)21-19(24)15-13-8-14(16(15)20(21)25)18(27-11(3)23)17(13)26-10(2)22/h4-7,13-18H,8H2,1-3H3/t13-,14+,15-,16-,17+,18-/m1/s1. The van der Waals surface area contributed by atoms with Crippen LogP contribution in [0.3, 0.4) is 0 Å². The molecule has 2 aliphatic carbocycles. The molecule has 0 aromatic heterocycles. The maximum absolute atomic E-state index is 13.1. The van der Waals surface area contributed by atoms with E-state index in [0.29, 0.717) is 12.1 Å². The number of carbonyl (C=O) groups excluding carboxylic acids is 4. The van der Waals surface area contributed by atoms with Gasteiger partial charge in [-0.05, 0) is 25.5 Å². The van der Waals surface area contributed by atoms with Crippen LogP contribution in [0.1, 0.15) is 25.8 Å². The second-order valence-corrected chi connectivity index (χ2v) is 7.61. The third-order valence-electron chi connectivity index (χ3n) is 5.93. The van der Waals surface area contributed by atoms with Crippen LogP contribution in [0.2, 0.25) is 0 Å². The summed E-state index contributed by atoms with van der Waals surface area (Å²) in [5.74, 6) is -3.23. The Morgan fingerprint density at radius 2 is 1.33 bits per heavy atom. The molecule has 3 fully saturated rings. The van der Waals surface area contributed by atoms with E-state index in [9.17, 15) is 19.2 Å². The molecule has 2 bridgehead atoms. The van der Waals surface area contributed by atoms with Crippen molar-refractivity contribution in [3.05, 3.63) is 29.8 Å². The predicted octanol–water partition coefficient (Wildman–Crippen LogP) is 1.61. The van der Waals surface area contributed by atoms with Crippen molar-refractivity contribution in [2.24, 2.45) is 23.7 Å². The van der Waals surface area contributed by atoms with Crippen LogP contribution in [-0.2, 0) is 28.7 Å². The highest BCUT2D eigenvalue weighted by atomic mass is 16.6. The number of esters is 2. The number of imide groups is 1. The van der Waals surface area contributed by atoms with Gasteiger partial charge in [0.2, 0.25) is 11.8 Å². The van der Waals surface area contributed by atoms with E-state index in [4.69, 9.17) is 9.47 Å². The monoisotopic (exact) mass is 371 g/mol. The van der Waals surface area contributed by atoms with Gasteiger partial charge in [-0.1, -0.05) is 17.7 Å². The summed E-state index contributed by atoms with van der Waals surface area (Å²) in [7, 11) is 0. The Balaban J connectivity index is 1.68. The van der Waals surface area contributed by atoms with Crippen LogP contribution in [0.4, 0.5) is 5.69 Å². The summed E-state index contributed by atoms with van der Waals surface area (Å²) in [5, 5.41) is 0. The molecule has 1 saturated heterocycles. The zero-order chi connectivity index (χ0) is 19.5. The Kier molecular flexibility index (Phi) is 4.05. The SMILES string of the molecule is CC(=O)O[C@@H]1[C@H]2C[C@@H]([C@@H]1OC(C)=O)[C@H]1C(=O)N(c3ccc(C)cc3)C(=O)[C@H]21. The van der Waals surface area contributed by atoms with E-state index < -0.39 is 36.0 Å². The lowest BCUT2D eigenvalue weighted by molar-refractivity contribution is -0.175. The summed E-state index contributed by atoms with van der Waals surface area (Å²) < 4.78 is 10.8. The van der Waals surface area contributed by atoms with E-state index in [2.05, 4.69) is 0 Å². The predicted molar refractivity (Wildman–Crippen MR) is 93.4 cm³/mol. The minimum atomic E-state index is -0.688. The number of amides is 2. The maximum atomic E-state index is 13.1. The molecular formula is C20H21NO6. The molecule has 0 unspecified atom stereocenters. The highest BCUT2D eigenvalue weighted by Crippen LogP contribution is 2.58. The van der Waals surface area contributed by atoms with E-state index in [-0.39, 0.29) is 23.7 Å². The first kappa shape index (κ1) is 17.7. The molecule has 2 saturated carbocycles. The molecule has 1 aromatic carbocycles. The lowest BCUT2D eigenvalue weighted by Crippen LogP contribution is -2.47. The quantitative estimate of drug-likeness (QED) is 0.592. The average molecular weight is 371 g/mol. The third kappa shape index (κ3) is 2.64. The first-order valence-electron chi connectivity index (χ1n) is 9.08. The average Bonchev–Trinajstić information content (AvgIpc) is 3.20. The Bertz CT molecular complexity index is 785. The normalized spacial score (nSPS) is 34.0. The summed E-state index contributed by atoms with van der Waals surface area (Å²) in [6.45, 7) is 4.50. The van der Waals surface area contributed by atoms with Gasteiger partial charge in [0.15, 0.2) is 0 Å². The first-order chi connectivity index (χ1) is 12.8. The van der Waals surface area contributed by atoms with Gasteiger partial charge in [-0.25, -0.2) is 0 Å². The fourth-order valence-electron chi connectivity index (χ4n) is 5.03. The number of hydrogen-bond acceptors (Lipinski definition) is 6. The third-order valence-corrected chi connectivity index (χ3v) is 5.93. The molecule has 0 N–H and O–H groups in total. The summed E-state index contributed by atoms with van der Waals surface area (Å²) in [6, 6.07) is 7.20. The van der Waals surface area contributed by atoms with Crippen molar-refractivity contribution < 1.29 is 28.7 Å². The van der Waals surface area contributed by atoms with Gasteiger partial charge >= 0.3 is 11.9 Å². The molecule has 142 valence electrons. The lowest BCUT2D eigenvalue weighted by Gasteiger charge is -2.34. The lowest BCUT2D eigenvalue weighted by atomic mass is 9.78. The molecule has 27 heavy (non-hydrogen) atoms. The first-order valence-corrected chi connectivity index (χ1v) is 9.08. The van der Waals surface area contributed by atoms with E-state index in [1.807, 2.05) is 19.1 Å². The molecule has 1 aromatic rings. The van der Waals surface area contributed by atoms with Gasteiger partial charge in [0.05, 0.1) is 17.5 Å². The van der Waals surface area contributed by atoms with Gasteiger partial charge in [-0.3, -0.25) is 24.1 Å². The van der Waals surface area contributed by atoms with Crippen molar-refractivity contribution in [1.29, 1.82) is 0 Å². The Morgan fingerprint density at radius 3 is 1.74 bits per heavy atom. The fourth-order valence-corrected chi connectivity index (χ4v) is 5.03. The number of ether oxygens (including phenoxy) is 2. The van der Waals surface area contributed by atoms with Crippen LogP contribution >= 0.6 is 0 Å². The fraction of sp³-hybridized carbons (Fsp3) is 0.500. The Morgan fingerprint density at radius 1 is 0.889 bits per heavy atom. The van der Waals surface area contributed by atoms with Crippen molar-refractivity contribution >= 4 is 29.4 Å². The van der Waals surface area contributed by atoms with Gasteiger partial charge < -0.3 is 9.47 Å². The van der Waals surface area contributed by atoms with Crippen molar-refractivity contribution in [2.45, 2.75) is 39.4 Å². The second kappa shape index (κ2) is 6.18. The van der Waals surface area contributed by atoms with E-state index in [0.717, 1.165) is 5.56 Å². The Hall–Kier alpha value is -2.70. The molecule has 6 atom stereocenters. The number of nitrogens with zero attached hydrogens (tertiary/aromatic N) is 1. The van der Waals surface area contributed by atoms with E-state index in [1.165, 1.54) is 18.7 Å². The van der Waals surface area contributed by atoms with Gasteiger partial charge in [0.25, 0.3) is 0 Å². The van der Waals surface area contributed by atoms with E-state index >= 15 is 0 Å². The number of anilines is 1. The number of rotatable bonds is 3. The Labute approximate surface area is 156 Å². The number of carbonyl (C=O) groups is 4. The highest BCUT2D eigenvalue weighted by Gasteiger charge is 2.69. The van der Waals surface area contributed by atoms with Gasteiger partial charge in [-0.15, -0.1) is 0 Å². The van der Waals surface area contributed by atoms with Crippen molar-refractivity contribution in [2.75, 3.05) is 4.90 Å². The molecule has 4 rings (SSSR count). The summed E-state index contributed by atoms with van der Waals surface area (Å²) in [6.07, 6.45) is -0.843. The van der Waals surface area contributed by atoms with Crippen LogP contribution < -0.4 is 4.90 Å². The number of fused-ring (bicyclic) bond motifs is 5. The van der Waals surface area contributed by atoms with E-state index in [1.54, 1.807) is 12.1 Å². The number of aryl methyl sites for hydroxylation is 1. The van der Waals surface area contributed by atoms with Gasteiger partial charge in [0.1, 0.15) is 12.2 Å². The van der Waals surface area contributed by atoms with Crippen molar-refractivity contribution in [3.8, 4) is 0 Å². The molecule has 3 aliphatic rings. The van der Waals surface area contributed by atoms with Gasteiger partial charge in [-0.2, -0.15) is 0 Å². The van der Waals surface area contributed by atoms with Crippen molar-refractivity contribution in [3.63, 3.8) is 0 Å². The van der Waals surface area contributed by atoms with Crippen LogP contribution in [0.25, 0.3) is 0 Å². The molecule has 0 radical (unpaired) electrons. The minimum Gasteiger partial charge on any atom is -0.458 e. The molecule has 1 aliphatic heterocycles. The molecule has 0 spiro atoms. The highest BCUT2D eigenvalue weighted by molar-refractivity contribution is 6.22. The van der Waals surface area contributed by atoms with Crippen LogP contribution in [0.5, 0.6) is 0 Å². The number of hydrogen-bond donors (Lipinski definition) is 0. The minimum absolute atomic E-state index is 0.264. The summed E-state index contributed by atoms with van der Waals surface area (Å²) >= 11 is 0. The van der Waals surface area contributed by atoms with Crippen LogP contribution in [-0.4, -0.2) is 36.0 Å². The zero-order valence-corrected chi connectivity index (χ0v) is 15.4. The maximum Gasteiger partial charge on any atom is 0.303 e. The molecule has 2 amide bonds. The van der Waals surface area contributed by atoms with Crippen molar-refractivity contribution in [1.82, 2.24) is 0 Å². The smallest absolute Gasteiger partial charge is 0.303 e.